The highest BCUT2D eigenvalue weighted by molar-refractivity contribution is 5.27. The Morgan fingerprint density at radius 2 is 1.76 bits per heavy atom. The molecule has 0 aliphatic carbocycles. The lowest BCUT2D eigenvalue weighted by Gasteiger charge is -2.38. The Kier molecular flexibility index (Phi) is 3.40. The largest absolute Gasteiger partial charge is 0.416 e. The van der Waals surface area contributed by atoms with Crippen LogP contribution in [0.15, 0.2) is 24.3 Å². The third-order valence-electron chi connectivity index (χ3n) is 3.18. The summed E-state index contributed by atoms with van der Waals surface area (Å²) in [7, 11) is 0. The highest BCUT2D eigenvalue weighted by atomic mass is 19.4. The van der Waals surface area contributed by atoms with Crippen molar-refractivity contribution in [3.05, 3.63) is 35.4 Å². The predicted octanol–water partition coefficient (Wildman–Crippen LogP) is 2.41. The van der Waals surface area contributed by atoms with E-state index >= 15 is 0 Å². The molecular weight excluding hydrogens is 229 g/mol. The topological polar surface area (TPSA) is 29.3 Å². The maximum atomic E-state index is 12.4. The van der Waals surface area contributed by atoms with E-state index in [1.807, 2.05) is 0 Å². The Bertz CT molecular complexity index is 368. The fourth-order valence-electron chi connectivity index (χ4n) is 2.04. The number of alkyl halides is 3. The highest BCUT2D eigenvalue weighted by Crippen LogP contribution is 2.31. The summed E-state index contributed by atoms with van der Waals surface area (Å²) in [6.45, 7) is 2.39. The first-order valence-electron chi connectivity index (χ1n) is 5.63. The van der Waals surface area contributed by atoms with E-state index in [1.165, 1.54) is 12.1 Å². The second-order valence-corrected chi connectivity index (χ2v) is 4.26. The molecule has 1 aromatic carbocycles. The van der Waals surface area contributed by atoms with Crippen molar-refractivity contribution in [2.24, 2.45) is 5.73 Å². The van der Waals surface area contributed by atoms with E-state index in [9.17, 15) is 13.2 Å². The molecule has 0 saturated carbocycles. The minimum absolute atomic E-state index is 0.0473. The third kappa shape index (κ3) is 2.61. The van der Waals surface area contributed by atoms with Crippen molar-refractivity contribution in [1.29, 1.82) is 0 Å². The van der Waals surface area contributed by atoms with Crippen LogP contribution in [0.2, 0.25) is 0 Å². The summed E-state index contributed by atoms with van der Waals surface area (Å²) < 4.78 is 37.2. The van der Waals surface area contributed by atoms with E-state index in [0.29, 0.717) is 6.54 Å². The van der Waals surface area contributed by atoms with Gasteiger partial charge in [0.25, 0.3) is 0 Å². The van der Waals surface area contributed by atoms with E-state index in [-0.39, 0.29) is 6.04 Å². The van der Waals surface area contributed by atoms with Crippen LogP contribution in [0.3, 0.4) is 0 Å². The molecule has 2 nitrogen and oxygen atoms in total. The van der Waals surface area contributed by atoms with Crippen LogP contribution in [-0.2, 0) is 6.18 Å². The fraction of sp³-hybridized carbons (Fsp3) is 0.500. The second-order valence-electron chi connectivity index (χ2n) is 4.26. The Balaban J connectivity index is 2.16. The molecule has 1 aliphatic rings. The minimum Gasteiger partial charge on any atom is -0.329 e. The molecule has 2 N–H and O–H groups in total. The monoisotopic (exact) mass is 244 g/mol. The van der Waals surface area contributed by atoms with Crippen molar-refractivity contribution in [3.63, 3.8) is 0 Å². The van der Waals surface area contributed by atoms with Crippen LogP contribution < -0.4 is 5.73 Å². The van der Waals surface area contributed by atoms with Gasteiger partial charge in [0.15, 0.2) is 0 Å². The molecule has 1 heterocycles. The summed E-state index contributed by atoms with van der Waals surface area (Å²) in [6, 6.07) is 5.35. The minimum atomic E-state index is -4.27. The second kappa shape index (κ2) is 4.66. The maximum Gasteiger partial charge on any atom is 0.416 e. The molecule has 1 fully saturated rings. The van der Waals surface area contributed by atoms with Gasteiger partial charge in [-0.05, 0) is 24.1 Å². The van der Waals surface area contributed by atoms with Crippen molar-refractivity contribution < 1.29 is 13.2 Å². The number of hydrogen-bond acceptors (Lipinski definition) is 2. The van der Waals surface area contributed by atoms with Gasteiger partial charge in [-0.1, -0.05) is 12.1 Å². The number of hydrogen-bond donors (Lipinski definition) is 1. The highest BCUT2D eigenvalue weighted by Gasteiger charge is 2.31. The summed E-state index contributed by atoms with van der Waals surface area (Å²) in [5.41, 5.74) is 5.93. The molecule has 0 amide bonds. The number of likely N-dealkylation sites (tertiary alicyclic amines) is 1. The average molecular weight is 244 g/mol. The Hall–Kier alpha value is -1.07. The summed E-state index contributed by atoms with van der Waals surface area (Å²) >= 11 is 0. The van der Waals surface area contributed by atoms with Crippen LogP contribution in [0.25, 0.3) is 0 Å². The molecule has 1 aliphatic heterocycles. The lowest BCUT2D eigenvalue weighted by Crippen LogP contribution is -2.43. The van der Waals surface area contributed by atoms with Crippen LogP contribution in [0, 0.1) is 0 Å². The first kappa shape index (κ1) is 12.4. The van der Waals surface area contributed by atoms with Gasteiger partial charge in [0.1, 0.15) is 0 Å². The van der Waals surface area contributed by atoms with E-state index in [4.69, 9.17) is 5.73 Å². The van der Waals surface area contributed by atoms with Gasteiger partial charge in [0.05, 0.1) is 5.56 Å². The lowest BCUT2D eigenvalue weighted by atomic mass is 10.0. The molecule has 17 heavy (non-hydrogen) atoms. The molecule has 1 aromatic rings. The molecule has 1 saturated heterocycles. The first-order valence-corrected chi connectivity index (χ1v) is 5.63. The number of benzene rings is 1. The van der Waals surface area contributed by atoms with E-state index in [1.54, 1.807) is 0 Å². The molecule has 1 unspecified atom stereocenters. The number of nitrogens with two attached hydrogens (primary N) is 1. The Morgan fingerprint density at radius 1 is 1.18 bits per heavy atom. The molecular formula is C12H15F3N2. The average Bonchev–Trinajstić information content (AvgIpc) is 2.22. The standard InChI is InChI=1S/C12H15F3N2/c13-12(14,15)10-4-2-9(3-5-10)11(8-16)17-6-1-7-17/h2-5,11H,1,6-8,16H2. The van der Waals surface area contributed by atoms with Crippen molar-refractivity contribution in [3.8, 4) is 0 Å². The van der Waals surface area contributed by atoms with E-state index in [2.05, 4.69) is 4.90 Å². The van der Waals surface area contributed by atoms with Gasteiger partial charge in [0, 0.05) is 25.7 Å². The Labute approximate surface area is 98.2 Å². The third-order valence-corrected chi connectivity index (χ3v) is 3.18. The molecule has 0 bridgehead atoms. The summed E-state index contributed by atoms with van der Waals surface area (Å²) in [5, 5.41) is 0. The summed E-state index contributed by atoms with van der Waals surface area (Å²) in [5.74, 6) is 0. The summed E-state index contributed by atoms with van der Waals surface area (Å²) in [6.07, 6.45) is -3.13. The predicted molar refractivity (Wildman–Crippen MR) is 59.4 cm³/mol. The van der Waals surface area contributed by atoms with E-state index < -0.39 is 11.7 Å². The zero-order chi connectivity index (χ0) is 12.5. The fourth-order valence-corrected chi connectivity index (χ4v) is 2.04. The molecule has 0 spiro atoms. The van der Waals surface area contributed by atoms with Crippen LogP contribution >= 0.6 is 0 Å². The first-order chi connectivity index (χ1) is 8.02. The zero-order valence-electron chi connectivity index (χ0n) is 9.37. The number of nitrogens with zero attached hydrogens (tertiary/aromatic N) is 1. The van der Waals surface area contributed by atoms with Gasteiger partial charge in [-0.2, -0.15) is 13.2 Å². The molecule has 5 heteroatoms. The van der Waals surface area contributed by atoms with Gasteiger partial charge in [-0.3, -0.25) is 4.90 Å². The smallest absolute Gasteiger partial charge is 0.329 e. The molecule has 2 rings (SSSR count). The molecule has 1 atom stereocenters. The van der Waals surface area contributed by atoms with E-state index in [0.717, 1.165) is 37.2 Å². The summed E-state index contributed by atoms with van der Waals surface area (Å²) in [4.78, 5) is 2.18. The van der Waals surface area contributed by atoms with Gasteiger partial charge in [-0.15, -0.1) is 0 Å². The van der Waals surface area contributed by atoms with Crippen LogP contribution in [0.4, 0.5) is 13.2 Å². The normalized spacial score (nSPS) is 18.8. The SMILES string of the molecule is NCC(c1ccc(C(F)(F)F)cc1)N1CCC1. The lowest BCUT2D eigenvalue weighted by molar-refractivity contribution is -0.137. The van der Waals surface area contributed by atoms with Gasteiger partial charge >= 0.3 is 6.18 Å². The van der Waals surface area contributed by atoms with Crippen LogP contribution in [0.5, 0.6) is 0 Å². The van der Waals surface area contributed by atoms with Crippen LogP contribution in [0.1, 0.15) is 23.6 Å². The van der Waals surface area contributed by atoms with Crippen molar-refractivity contribution in [2.45, 2.75) is 18.6 Å². The zero-order valence-corrected chi connectivity index (χ0v) is 9.37. The number of rotatable bonds is 3. The van der Waals surface area contributed by atoms with Crippen molar-refractivity contribution in [1.82, 2.24) is 4.90 Å². The van der Waals surface area contributed by atoms with Gasteiger partial charge in [-0.25, -0.2) is 0 Å². The quantitative estimate of drug-likeness (QED) is 0.884. The maximum absolute atomic E-state index is 12.4. The molecule has 0 aromatic heterocycles. The van der Waals surface area contributed by atoms with Gasteiger partial charge < -0.3 is 5.73 Å². The molecule has 0 radical (unpaired) electrons. The number of halogens is 3. The van der Waals surface area contributed by atoms with Crippen LogP contribution in [-0.4, -0.2) is 24.5 Å². The Morgan fingerprint density at radius 3 is 2.12 bits per heavy atom. The van der Waals surface area contributed by atoms with Crippen molar-refractivity contribution in [2.75, 3.05) is 19.6 Å². The van der Waals surface area contributed by atoms with Crippen molar-refractivity contribution >= 4 is 0 Å². The van der Waals surface area contributed by atoms with Gasteiger partial charge in [0.2, 0.25) is 0 Å². The molecule has 94 valence electrons.